The zero-order chi connectivity index (χ0) is 23.3. The van der Waals surface area contributed by atoms with Gasteiger partial charge in [0.25, 0.3) is 0 Å². The maximum absolute atomic E-state index is 10.9. The lowest BCUT2D eigenvalue weighted by Gasteiger charge is -2.11. The molecule has 0 aromatic carbocycles. The molecule has 0 bridgehead atoms. The summed E-state index contributed by atoms with van der Waals surface area (Å²) in [7, 11) is 4.78. The highest BCUT2D eigenvalue weighted by Crippen LogP contribution is 2.15. The zero-order valence-corrected chi connectivity index (χ0v) is 19.6. The number of aliphatic hydroxyl groups excluding tert-OH is 2. The summed E-state index contributed by atoms with van der Waals surface area (Å²) in [6.45, 7) is 12.9. The van der Waals surface area contributed by atoms with Gasteiger partial charge in [-0.25, -0.2) is 0 Å². The molecule has 0 aromatic heterocycles. The lowest BCUT2D eigenvalue weighted by atomic mass is 9.95. The van der Waals surface area contributed by atoms with Crippen LogP contribution in [0.5, 0.6) is 0 Å². The Morgan fingerprint density at radius 1 is 1.31 bits per heavy atom. The van der Waals surface area contributed by atoms with Crippen molar-refractivity contribution in [2.45, 2.75) is 46.5 Å². The monoisotopic (exact) mass is 411 g/mol. The summed E-state index contributed by atoms with van der Waals surface area (Å²) >= 11 is 0. The highest BCUT2D eigenvalue weighted by atomic mass is 16.5. The fourth-order valence-electron chi connectivity index (χ4n) is 1.84. The van der Waals surface area contributed by atoms with Crippen LogP contribution in [0, 0.1) is 18.3 Å². The van der Waals surface area contributed by atoms with E-state index in [-0.39, 0.29) is 12.5 Å². The Hall–Kier alpha value is -1.71. The van der Waals surface area contributed by atoms with Gasteiger partial charge < -0.3 is 24.6 Å². The highest BCUT2D eigenvalue weighted by Gasteiger charge is 2.08. The predicted molar refractivity (Wildman–Crippen MR) is 126 cm³/mol. The van der Waals surface area contributed by atoms with Crippen molar-refractivity contribution in [1.29, 1.82) is 0 Å². The number of nitrogens with zero attached hydrogens (tertiary/aromatic N) is 1. The van der Waals surface area contributed by atoms with Gasteiger partial charge in [-0.3, -0.25) is 0 Å². The molecule has 1 atom stereocenters. The van der Waals surface area contributed by atoms with Crippen molar-refractivity contribution >= 4 is 6.29 Å². The summed E-state index contributed by atoms with van der Waals surface area (Å²) in [6, 6.07) is 0. The van der Waals surface area contributed by atoms with Crippen LogP contribution in [0.4, 0.5) is 0 Å². The van der Waals surface area contributed by atoms with Crippen molar-refractivity contribution in [3.63, 3.8) is 0 Å². The third kappa shape index (κ3) is 31.2. The minimum atomic E-state index is -0.168. The first-order chi connectivity index (χ1) is 14.0. The van der Waals surface area contributed by atoms with E-state index in [4.69, 9.17) is 21.4 Å². The van der Waals surface area contributed by atoms with Crippen molar-refractivity contribution in [2.75, 3.05) is 47.6 Å². The van der Waals surface area contributed by atoms with E-state index < -0.39 is 0 Å². The molecule has 5 nitrogen and oxygen atoms in total. The number of carbonyl (C=O) groups is 1. The highest BCUT2D eigenvalue weighted by molar-refractivity contribution is 5.61. The van der Waals surface area contributed by atoms with Crippen molar-refractivity contribution in [1.82, 2.24) is 4.90 Å². The summed E-state index contributed by atoms with van der Waals surface area (Å²) in [5.41, 5.74) is 0.921. The smallest absolute Gasteiger partial charge is 0.127 e. The van der Waals surface area contributed by atoms with Crippen molar-refractivity contribution in [3.8, 4) is 12.3 Å². The van der Waals surface area contributed by atoms with Crippen LogP contribution in [0.2, 0.25) is 0 Å². The van der Waals surface area contributed by atoms with Crippen LogP contribution in [0.25, 0.3) is 0 Å². The SMILES string of the molecule is C#CC/C=C(\C=C/COC)C(C=O)CC=C.CCCCN(C)CC.CCO.CO. The van der Waals surface area contributed by atoms with E-state index in [9.17, 15) is 4.79 Å². The van der Waals surface area contributed by atoms with Crippen LogP contribution in [0.1, 0.15) is 46.5 Å². The van der Waals surface area contributed by atoms with Gasteiger partial charge in [-0.05, 0) is 45.5 Å². The molecule has 0 heterocycles. The molecule has 0 saturated carbocycles. The number of unbranched alkanes of at least 4 members (excludes halogenated alkanes) is 1. The van der Waals surface area contributed by atoms with Gasteiger partial charge in [0.15, 0.2) is 0 Å². The molecular weight excluding hydrogens is 366 g/mol. The van der Waals surface area contributed by atoms with Gasteiger partial charge in [0.2, 0.25) is 0 Å². The molecular formula is C24H45NO4. The van der Waals surface area contributed by atoms with Crippen LogP contribution >= 0.6 is 0 Å². The molecule has 170 valence electrons. The third-order valence-corrected chi connectivity index (χ3v) is 3.48. The molecule has 0 rings (SSSR count). The standard InChI is InChI=1S/C14H18O2.C7H17N.C2H6O.CH4O/c1-4-6-9-13(10-7-11-16-3)14(12-15)8-5-2;1-4-6-7-8(3)5-2;1-2-3;1-2/h1,5,7,9-10,12,14H,2,6,8,11H2,3H3;4-7H2,1-3H3;3H,2H2,1H3;2H,1H3/b10-7-,13-9+;;;. The van der Waals surface area contributed by atoms with E-state index in [1.807, 2.05) is 18.2 Å². The summed E-state index contributed by atoms with van der Waals surface area (Å²) in [4.78, 5) is 13.3. The molecule has 0 aliphatic heterocycles. The maximum Gasteiger partial charge on any atom is 0.127 e. The Kier molecular flexibility index (Phi) is 40.6. The van der Waals surface area contributed by atoms with E-state index in [2.05, 4.69) is 38.3 Å². The average Bonchev–Trinajstić information content (AvgIpc) is 2.75. The number of aldehydes is 1. The van der Waals surface area contributed by atoms with E-state index in [0.29, 0.717) is 19.4 Å². The molecule has 0 radical (unpaired) electrons. The molecule has 0 amide bonds. The normalized spacial score (nSPS) is 11.1. The van der Waals surface area contributed by atoms with Crippen LogP contribution < -0.4 is 0 Å². The van der Waals surface area contributed by atoms with Crippen LogP contribution in [-0.4, -0.2) is 69.0 Å². The third-order valence-electron chi connectivity index (χ3n) is 3.48. The Balaban J connectivity index is -0.000000200. The Bertz CT molecular complexity index is 425. The average molecular weight is 412 g/mol. The second kappa shape index (κ2) is 33.8. The lowest BCUT2D eigenvalue weighted by Crippen LogP contribution is -2.18. The Morgan fingerprint density at radius 3 is 2.28 bits per heavy atom. The molecule has 0 aromatic rings. The van der Waals surface area contributed by atoms with E-state index >= 15 is 0 Å². The van der Waals surface area contributed by atoms with E-state index in [0.717, 1.165) is 19.0 Å². The number of ether oxygens (including phenoxy) is 1. The number of allylic oxidation sites excluding steroid dienone is 4. The van der Waals surface area contributed by atoms with Gasteiger partial charge in [-0.2, -0.15) is 0 Å². The Morgan fingerprint density at radius 2 is 1.90 bits per heavy atom. The molecule has 29 heavy (non-hydrogen) atoms. The summed E-state index contributed by atoms with van der Waals surface area (Å²) in [5, 5.41) is 14.6. The number of carbonyl (C=O) groups excluding carboxylic acids is 1. The number of hydrogen-bond donors (Lipinski definition) is 2. The molecule has 0 aliphatic rings. The minimum Gasteiger partial charge on any atom is -0.400 e. The first-order valence-electron chi connectivity index (χ1n) is 10.1. The molecule has 0 spiro atoms. The number of rotatable bonds is 12. The van der Waals surface area contributed by atoms with Crippen molar-refractivity contribution in [2.24, 2.45) is 5.92 Å². The molecule has 2 N–H and O–H groups in total. The predicted octanol–water partition coefficient (Wildman–Crippen LogP) is 3.88. The molecule has 5 heteroatoms. The minimum absolute atomic E-state index is 0.168. The quantitative estimate of drug-likeness (QED) is 0.221. The topological polar surface area (TPSA) is 70.0 Å². The lowest BCUT2D eigenvalue weighted by molar-refractivity contribution is -0.110. The fraction of sp³-hybridized carbons (Fsp3) is 0.625. The van der Waals surface area contributed by atoms with Gasteiger partial charge in [0.05, 0.1) is 6.61 Å². The fourth-order valence-corrected chi connectivity index (χ4v) is 1.84. The second-order valence-corrected chi connectivity index (χ2v) is 5.80. The molecule has 0 saturated heterocycles. The van der Waals surface area contributed by atoms with Crippen LogP contribution in [-0.2, 0) is 9.53 Å². The van der Waals surface area contributed by atoms with Gasteiger partial charge in [-0.1, -0.05) is 44.6 Å². The summed E-state index contributed by atoms with van der Waals surface area (Å²) in [6.07, 6.45) is 17.3. The van der Waals surface area contributed by atoms with Crippen molar-refractivity contribution < 1.29 is 19.7 Å². The summed E-state index contributed by atoms with van der Waals surface area (Å²) in [5.74, 6) is 2.36. The number of hydrogen-bond acceptors (Lipinski definition) is 5. The molecule has 1 unspecified atom stereocenters. The van der Waals surface area contributed by atoms with Gasteiger partial charge in [0.1, 0.15) is 6.29 Å². The summed E-state index contributed by atoms with van der Waals surface area (Å²) < 4.78 is 4.91. The second-order valence-electron chi connectivity index (χ2n) is 5.80. The number of aliphatic hydroxyl groups is 2. The largest absolute Gasteiger partial charge is 0.400 e. The van der Waals surface area contributed by atoms with Crippen LogP contribution in [0.15, 0.2) is 36.5 Å². The Labute approximate surface area is 180 Å². The van der Waals surface area contributed by atoms with Crippen molar-refractivity contribution in [3.05, 3.63) is 36.5 Å². The number of terminal acetylenes is 1. The first-order valence-corrected chi connectivity index (χ1v) is 10.1. The van der Waals surface area contributed by atoms with E-state index in [1.54, 1.807) is 20.1 Å². The van der Waals surface area contributed by atoms with Gasteiger partial charge in [0, 0.05) is 33.2 Å². The maximum atomic E-state index is 10.9. The molecule has 0 aliphatic carbocycles. The zero-order valence-electron chi connectivity index (χ0n) is 19.6. The van der Waals surface area contributed by atoms with E-state index in [1.165, 1.54) is 25.9 Å². The molecule has 0 fully saturated rings. The number of methoxy groups -OCH3 is 1. The van der Waals surface area contributed by atoms with Crippen LogP contribution in [0.3, 0.4) is 0 Å². The van der Waals surface area contributed by atoms with Gasteiger partial charge in [-0.15, -0.1) is 18.9 Å². The van der Waals surface area contributed by atoms with Gasteiger partial charge >= 0.3 is 0 Å². The first kappa shape index (κ1) is 34.8.